The van der Waals surface area contributed by atoms with Gasteiger partial charge in [-0.3, -0.25) is 9.59 Å². The molecule has 150 valence electrons. The first-order chi connectivity index (χ1) is 13.3. The third kappa shape index (κ3) is 6.68. The molecule has 0 radical (unpaired) electrons. The molecule has 0 spiro atoms. The van der Waals surface area contributed by atoms with Gasteiger partial charge >= 0.3 is 0 Å². The zero-order valence-corrected chi connectivity index (χ0v) is 18.3. The van der Waals surface area contributed by atoms with E-state index in [1.54, 1.807) is 11.8 Å². The molecule has 0 aliphatic carbocycles. The molecule has 28 heavy (non-hydrogen) atoms. The number of carbonyl (C=O) groups is 2. The molecule has 2 amide bonds. The third-order valence-corrected chi connectivity index (χ3v) is 4.74. The number of rotatable bonds is 8. The molecule has 0 aliphatic rings. The van der Waals surface area contributed by atoms with Crippen molar-refractivity contribution in [2.75, 3.05) is 6.61 Å². The maximum Gasteiger partial charge on any atom is 0.261 e. The van der Waals surface area contributed by atoms with Crippen LogP contribution in [-0.4, -0.2) is 35.4 Å². The number of hydrogen-bond donors (Lipinski definition) is 1. The van der Waals surface area contributed by atoms with E-state index in [1.807, 2.05) is 69.3 Å². The van der Waals surface area contributed by atoms with Crippen LogP contribution in [0.15, 0.2) is 53.0 Å². The van der Waals surface area contributed by atoms with Crippen LogP contribution >= 0.6 is 15.9 Å². The van der Waals surface area contributed by atoms with E-state index < -0.39 is 6.04 Å². The van der Waals surface area contributed by atoms with Crippen molar-refractivity contribution in [2.45, 2.75) is 46.3 Å². The van der Waals surface area contributed by atoms with Gasteiger partial charge in [-0.15, -0.1) is 0 Å². The highest BCUT2D eigenvalue weighted by atomic mass is 79.9. The normalized spacial score (nSPS) is 11.8. The lowest BCUT2D eigenvalue weighted by molar-refractivity contribution is -0.142. The maximum atomic E-state index is 12.9. The number of amides is 2. The highest BCUT2D eigenvalue weighted by Crippen LogP contribution is 2.16. The fourth-order valence-corrected chi connectivity index (χ4v) is 2.97. The maximum absolute atomic E-state index is 12.9. The summed E-state index contributed by atoms with van der Waals surface area (Å²) in [5.41, 5.74) is 2.00. The van der Waals surface area contributed by atoms with Gasteiger partial charge in [-0.2, -0.15) is 0 Å². The predicted octanol–water partition coefficient (Wildman–Crippen LogP) is 4.08. The second-order valence-corrected chi connectivity index (χ2v) is 8.01. The smallest absolute Gasteiger partial charge is 0.261 e. The summed E-state index contributed by atoms with van der Waals surface area (Å²) in [6.07, 6.45) is 0. The Morgan fingerprint density at radius 1 is 1.11 bits per heavy atom. The Morgan fingerprint density at radius 3 is 2.39 bits per heavy atom. The SMILES string of the molecule is Cc1cccc(OCC(=O)N(Cc2ccc(Br)cc2)C(C)C(=O)NC(C)C)c1. The van der Waals surface area contributed by atoms with Gasteiger partial charge < -0.3 is 15.0 Å². The van der Waals surface area contributed by atoms with Gasteiger partial charge in [0.15, 0.2) is 6.61 Å². The second kappa shape index (κ2) is 10.3. The van der Waals surface area contributed by atoms with Crippen molar-refractivity contribution in [3.8, 4) is 5.75 Å². The van der Waals surface area contributed by atoms with Crippen LogP contribution in [0, 0.1) is 6.92 Å². The first kappa shape index (κ1) is 22.0. The third-order valence-electron chi connectivity index (χ3n) is 4.22. The number of halogens is 1. The molecule has 0 saturated carbocycles. The van der Waals surface area contributed by atoms with E-state index in [0.717, 1.165) is 15.6 Å². The molecule has 1 unspecified atom stereocenters. The van der Waals surface area contributed by atoms with Gasteiger partial charge in [-0.25, -0.2) is 0 Å². The van der Waals surface area contributed by atoms with Crippen LogP contribution in [0.5, 0.6) is 5.75 Å². The van der Waals surface area contributed by atoms with E-state index in [2.05, 4.69) is 21.2 Å². The number of nitrogens with zero attached hydrogens (tertiary/aromatic N) is 1. The Kier molecular flexibility index (Phi) is 8.05. The summed E-state index contributed by atoms with van der Waals surface area (Å²) >= 11 is 3.41. The van der Waals surface area contributed by atoms with Crippen molar-refractivity contribution in [2.24, 2.45) is 0 Å². The Balaban J connectivity index is 2.14. The molecule has 0 heterocycles. The van der Waals surface area contributed by atoms with Gasteiger partial charge in [0.2, 0.25) is 5.91 Å². The first-order valence-corrected chi connectivity index (χ1v) is 10.1. The highest BCUT2D eigenvalue weighted by Gasteiger charge is 2.26. The summed E-state index contributed by atoms with van der Waals surface area (Å²) in [6.45, 7) is 7.70. The van der Waals surface area contributed by atoms with Crippen LogP contribution in [0.1, 0.15) is 31.9 Å². The van der Waals surface area contributed by atoms with Crippen LogP contribution in [0.25, 0.3) is 0 Å². The molecular formula is C22H27BrN2O3. The quantitative estimate of drug-likeness (QED) is 0.664. The van der Waals surface area contributed by atoms with Crippen LogP contribution in [0.2, 0.25) is 0 Å². The average Bonchev–Trinajstić information content (AvgIpc) is 2.64. The second-order valence-electron chi connectivity index (χ2n) is 7.09. The minimum absolute atomic E-state index is 0.00290. The van der Waals surface area contributed by atoms with Crippen molar-refractivity contribution < 1.29 is 14.3 Å². The van der Waals surface area contributed by atoms with Crippen LogP contribution < -0.4 is 10.1 Å². The molecule has 0 fully saturated rings. The molecule has 1 atom stereocenters. The Labute approximate surface area is 175 Å². The number of nitrogens with one attached hydrogen (secondary N) is 1. The number of ether oxygens (including phenoxy) is 1. The average molecular weight is 447 g/mol. The van der Waals surface area contributed by atoms with E-state index in [9.17, 15) is 9.59 Å². The lowest BCUT2D eigenvalue weighted by Gasteiger charge is -2.29. The minimum atomic E-state index is -0.611. The molecule has 0 bridgehead atoms. The van der Waals surface area contributed by atoms with E-state index in [1.165, 1.54) is 0 Å². The lowest BCUT2D eigenvalue weighted by Crippen LogP contribution is -2.50. The number of aryl methyl sites for hydroxylation is 1. The Bertz CT molecular complexity index is 806. The molecule has 6 heteroatoms. The molecule has 0 aromatic heterocycles. The molecule has 0 aliphatic heterocycles. The summed E-state index contributed by atoms with van der Waals surface area (Å²) in [5, 5.41) is 2.87. The standard InChI is InChI=1S/C22H27BrN2O3/c1-15(2)24-22(27)17(4)25(13-18-8-10-19(23)11-9-18)21(26)14-28-20-7-5-6-16(3)12-20/h5-12,15,17H,13-14H2,1-4H3,(H,24,27). The number of carbonyl (C=O) groups excluding carboxylic acids is 2. The number of hydrogen-bond acceptors (Lipinski definition) is 3. The fraction of sp³-hybridized carbons (Fsp3) is 0.364. The molecule has 1 N–H and O–H groups in total. The van der Waals surface area contributed by atoms with E-state index in [0.29, 0.717) is 12.3 Å². The van der Waals surface area contributed by atoms with Crippen molar-refractivity contribution >= 4 is 27.7 Å². The highest BCUT2D eigenvalue weighted by molar-refractivity contribution is 9.10. The monoisotopic (exact) mass is 446 g/mol. The van der Waals surface area contributed by atoms with Crippen LogP contribution in [-0.2, 0) is 16.1 Å². The Hall–Kier alpha value is -2.34. The van der Waals surface area contributed by atoms with Gasteiger partial charge in [0.1, 0.15) is 11.8 Å². The largest absolute Gasteiger partial charge is 0.484 e. The van der Waals surface area contributed by atoms with Crippen molar-refractivity contribution in [3.05, 3.63) is 64.1 Å². The summed E-state index contributed by atoms with van der Waals surface area (Å²) in [4.78, 5) is 27.0. The zero-order chi connectivity index (χ0) is 20.7. The summed E-state index contributed by atoms with van der Waals surface area (Å²) in [5.74, 6) is 0.211. The molecule has 2 rings (SSSR count). The molecule has 2 aromatic rings. The van der Waals surface area contributed by atoms with E-state index in [-0.39, 0.29) is 24.5 Å². The van der Waals surface area contributed by atoms with E-state index >= 15 is 0 Å². The minimum Gasteiger partial charge on any atom is -0.484 e. The van der Waals surface area contributed by atoms with Crippen LogP contribution in [0.3, 0.4) is 0 Å². The van der Waals surface area contributed by atoms with Gasteiger partial charge in [-0.05, 0) is 63.1 Å². The zero-order valence-electron chi connectivity index (χ0n) is 16.7. The molecule has 2 aromatic carbocycles. The van der Waals surface area contributed by atoms with E-state index in [4.69, 9.17) is 4.74 Å². The molecule has 5 nitrogen and oxygen atoms in total. The van der Waals surface area contributed by atoms with Gasteiger partial charge in [0.25, 0.3) is 5.91 Å². The van der Waals surface area contributed by atoms with Gasteiger partial charge in [0.05, 0.1) is 0 Å². The van der Waals surface area contributed by atoms with Crippen molar-refractivity contribution in [1.29, 1.82) is 0 Å². The van der Waals surface area contributed by atoms with Crippen LogP contribution in [0.4, 0.5) is 0 Å². The summed E-state index contributed by atoms with van der Waals surface area (Å²) < 4.78 is 6.63. The molecule has 0 saturated heterocycles. The van der Waals surface area contributed by atoms with Crippen molar-refractivity contribution in [1.82, 2.24) is 10.2 Å². The molecular weight excluding hydrogens is 420 g/mol. The predicted molar refractivity (Wildman–Crippen MR) is 114 cm³/mol. The number of benzene rings is 2. The summed E-state index contributed by atoms with van der Waals surface area (Å²) in [6, 6.07) is 14.6. The van der Waals surface area contributed by atoms with Crippen molar-refractivity contribution in [3.63, 3.8) is 0 Å². The topological polar surface area (TPSA) is 58.6 Å². The Morgan fingerprint density at radius 2 is 1.79 bits per heavy atom. The summed E-state index contributed by atoms with van der Waals surface area (Å²) in [7, 11) is 0. The first-order valence-electron chi connectivity index (χ1n) is 9.30. The lowest BCUT2D eigenvalue weighted by atomic mass is 10.1. The van der Waals surface area contributed by atoms with Gasteiger partial charge in [-0.1, -0.05) is 40.2 Å². The van der Waals surface area contributed by atoms with Gasteiger partial charge in [0, 0.05) is 17.1 Å². The fourth-order valence-electron chi connectivity index (χ4n) is 2.71.